The minimum Gasteiger partial charge on any atom is -0.416 e. The first-order valence-electron chi connectivity index (χ1n) is 2.40. The van der Waals surface area contributed by atoms with Crippen LogP contribution in [0.25, 0.3) is 0 Å². The predicted octanol–water partition coefficient (Wildman–Crippen LogP) is 0.273. The number of rotatable bonds is 6. The van der Waals surface area contributed by atoms with Gasteiger partial charge in [-0.3, -0.25) is 0 Å². The Bertz CT molecular complexity index is 75.0. The summed E-state index contributed by atoms with van der Waals surface area (Å²) in [7, 11) is 0. The molecule has 2 N–H and O–H groups in total. The third-order valence-electron chi connectivity index (χ3n) is 0.478. The van der Waals surface area contributed by atoms with E-state index in [1.807, 2.05) is 0 Å². The fourth-order valence-corrected chi connectivity index (χ4v) is 0.231. The molecule has 4 heteroatoms. The normalized spacial score (nSPS) is 8.00. The molecule has 0 fully saturated rings. The molecule has 0 amide bonds. The highest BCUT2D eigenvalue weighted by Crippen LogP contribution is 1.63. The summed E-state index contributed by atoms with van der Waals surface area (Å²) in [6, 6.07) is 0. The maximum atomic E-state index is 4.52. The molecule has 0 saturated carbocycles. The van der Waals surface area contributed by atoms with Gasteiger partial charge in [0.05, 0.1) is 0 Å². The van der Waals surface area contributed by atoms with Gasteiger partial charge in [-0.05, 0) is 0 Å². The van der Waals surface area contributed by atoms with Gasteiger partial charge in [0.25, 0.3) is 0 Å². The molecule has 0 spiro atoms. The van der Waals surface area contributed by atoms with Crippen molar-refractivity contribution in [3.63, 3.8) is 0 Å². The summed E-state index contributed by atoms with van der Waals surface area (Å²) in [5, 5.41) is 0. The molecule has 0 radical (unpaired) electrons. The largest absolute Gasteiger partial charge is 0.416 e. The third kappa shape index (κ3) is 7.00. The van der Waals surface area contributed by atoms with Crippen molar-refractivity contribution in [3.05, 3.63) is 25.7 Å². The van der Waals surface area contributed by atoms with Crippen molar-refractivity contribution in [1.29, 1.82) is 0 Å². The van der Waals surface area contributed by atoms with Gasteiger partial charge in [0.15, 0.2) is 0 Å². The van der Waals surface area contributed by atoms with Crippen LogP contribution < -0.4 is 11.0 Å². The fraction of sp³-hybridized carbons (Fsp3) is 0.200. The van der Waals surface area contributed by atoms with E-state index in [9.17, 15) is 0 Å². The molecule has 0 heterocycles. The van der Waals surface area contributed by atoms with Crippen LogP contribution in [0.15, 0.2) is 25.7 Å². The van der Waals surface area contributed by atoms with Crippen molar-refractivity contribution in [2.75, 3.05) is 6.67 Å². The maximum absolute atomic E-state index is 4.52. The average Bonchev–Trinajstić information content (AvgIpc) is 1.89. The number of nitrogens with one attached hydrogen (secondary N) is 2. The van der Waals surface area contributed by atoms with Crippen LogP contribution in [-0.2, 0) is 9.68 Å². The van der Waals surface area contributed by atoms with Crippen molar-refractivity contribution in [1.82, 2.24) is 11.0 Å². The van der Waals surface area contributed by atoms with Crippen LogP contribution in [0.4, 0.5) is 0 Å². The SMILES string of the molecule is C=CONCNOC=C. The van der Waals surface area contributed by atoms with Crippen molar-refractivity contribution >= 4 is 0 Å². The summed E-state index contributed by atoms with van der Waals surface area (Å²) in [6.45, 7) is 6.98. The maximum Gasteiger partial charge on any atom is 0.115 e. The van der Waals surface area contributed by atoms with Gasteiger partial charge < -0.3 is 9.68 Å². The Labute approximate surface area is 54.1 Å². The van der Waals surface area contributed by atoms with Gasteiger partial charge in [0.2, 0.25) is 0 Å². The molecule has 0 unspecified atom stereocenters. The highest BCUT2D eigenvalue weighted by molar-refractivity contribution is 4.46. The predicted molar refractivity (Wildman–Crippen MR) is 33.7 cm³/mol. The van der Waals surface area contributed by atoms with Crippen LogP contribution in [0.3, 0.4) is 0 Å². The first kappa shape index (κ1) is 8.00. The molecular formula is C5H10N2O2. The van der Waals surface area contributed by atoms with Crippen LogP contribution in [0.2, 0.25) is 0 Å². The second-order valence-corrected chi connectivity index (χ2v) is 1.03. The minimum absolute atomic E-state index is 0.373. The van der Waals surface area contributed by atoms with E-state index in [0.717, 1.165) is 0 Å². The Balaban J connectivity index is 2.74. The molecular weight excluding hydrogens is 120 g/mol. The quantitative estimate of drug-likeness (QED) is 0.234. The summed E-state index contributed by atoms with van der Waals surface area (Å²) >= 11 is 0. The molecule has 0 saturated heterocycles. The van der Waals surface area contributed by atoms with E-state index in [-0.39, 0.29) is 0 Å². The molecule has 52 valence electrons. The lowest BCUT2D eigenvalue weighted by molar-refractivity contribution is 0.0568. The average molecular weight is 130 g/mol. The zero-order chi connectivity index (χ0) is 6.95. The second-order valence-electron chi connectivity index (χ2n) is 1.03. The smallest absolute Gasteiger partial charge is 0.115 e. The van der Waals surface area contributed by atoms with Gasteiger partial charge in [-0.2, -0.15) is 0 Å². The Morgan fingerprint density at radius 2 is 1.56 bits per heavy atom. The lowest BCUT2D eigenvalue weighted by Crippen LogP contribution is -2.26. The highest BCUT2D eigenvalue weighted by Gasteiger charge is 1.77. The zero-order valence-corrected chi connectivity index (χ0v) is 5.09. The summed E-state index contributed by atoms with van der Waals surface area (Å²) in [6.07, 6.45) is 2.55. The first-order valence-corrected chi connectivity index (χ1v) is 2.40. The molecule has 0 aromatic rings. The number of hydrogen-bond donors (Lipinski definition) is 2. The molecule has 0 aliphatic rings. The van der Waals surface area contributed by atoms with E-state index in [1.54, 1.807) is 0 Å². The molecule has 4 nitrogen and oxygen atoms in total. The lowest BCUT2D eigenvalue weighted by Gasteiger charge is -2.02. The fourth-order valence-electron chi connectivity index (χ4n) is 0.231. The van der Waals surface area contributed by atoms with E-state index in [1.165, 1.54) is 12.5 Å². The standard InChI is InChI=1S/C5H10N2O2/c1-3-8-6-5-7-9-4-2/h3-4,6-7H,1-2,5H2. The number of hydroxylamine groups is 2. The van der Waals surface area contributed by atoms with Crippen molar-refractivity contribution in [2.24, 2.45) is 0 Å². The minimum atomic E-state index is 0.373. The molecule has 9 heavy (non-hydrogen) atoms. The van der Waals surface area contributed by atoms with Gasteiger partial charge in [-0.1, -0.05) is 13.2 Å². The Hall–Kier alpha value is -1.00. The van der Waals surface area contributed by atoms with E-state index in [2.05, 4.69) is 33.8 Å². The zero-order valence-electron chi connectivity index (χ0n) is 5.09. The van der Waals surface area contributed by atoms with Crippen LogP contribution in [-0.4, -0.2) is 6.67 Å². The van der Waals surface area contributed by atoms with Crippen LogP contribution in [0.5, 0.6) is 0 Å². The van der Waals surface area contributed by atoms with Gasteiger partial charge in [-0.25, -0.2) is 0 Å². The monoisotopic (exact) mass is 130 g/mol. The molecule has 0 aromatic heterocycles. The summed E-state index contributed by atoms with van der Waals surface area (Å²) in [4.78, 5) is 9.03. The van der Waals surface area contributed by atoms with E-state index >= 15 is 0 Å². The van der Waals surface area contributed by atoms with Crippen LogP contribution in [0.1, 0.15) is 0 Å². The summed E-state index contributed by atoms with van der Waals surface area (Å²) in [5.41, 5.74) is 4.94. The topological polar surface area (TPSA) is 42.5 Å². The Morgan fingerprint density at radius 3 is 1.89 bits per heavy atom. The number of hydrogen-bond acceptors (Lipinski definition) is 4. The van der Waals surface area contributed by atoms with Crippen LogP contribution in [0, 0.1) is 0 Å². The summed E-state index contributed by atoms with van der Waals surface area (Å²) in [5.74, 6) is 0. The van der Waals surface area contributed by atoms with Gasteiger partial charge in [0, 0.05) is 0 Å². The highest BCUT2D eigenvalue weighted by atomic mass is 16.7. The first-order chi connectivity index (χ1) is 4.41. The molecule has 0 bridgehead atoms. The molecule has 0 aliphatic carbocycles. The third-order valence-corrected chi connectivity index (χ3v) is 0.478. The second kappa shape index (κ2) is 7.00. The van der Waals surface area contributed by atoms with E-state index in [0.29, 0.717) is 6.67 Å². The van der Waals surface area contributed by atoms with Crippen molar-refractivity contribution < 1.29 is 9.68 Å². The van der Waals surface area contributed by atoms with Gasteiger partial charge in [-0.15, -0.1) is 11.0 Å². The molecule has 0 rings (SSSR count). The lowest BCUT2D eigenvalue weighted by atomic mass is 11.1. The van der Waals surface area contributed by atoms with Crippen LogP contribution >= 0.6 is 0 Å². The van der Waals surface area contributed by atoms with Gasteiger partial charge in [0.1, 0.15) is 19.2 Å². The Kier molecular flexibility index (Phi) is 6.22. The molecule has 0 atom stereocenters. The molecule has 0 aromatic carbocycles. The van der Waals surface area contributed by atoms with E-state index < -0.39 is 0 Å². The van der Waals surface area contributed by atoms with Gasteiger partial charge >= 0.3 is 0 Å². The van der Waals surface area contributed by atoms with Crippen molar-refractivity contribution in [2.45, 2.75) is 0 Å². The summed E-state index contributed by atoms with van der Waals surface area (Å²) < 4.78 is 0. The van der Waals surface area contributed by atoms with E-state index in [4.69, 9.17) is 0 Å². The Morgan fingerprint density at radius 1 is 1.11 bits per heavy atom. The van der Waals surface area contributed by atoms with Crippen molar-refractivity contribution in [3.8, 4) is 0 Å². The molecule has 0 aliphatic heterocycles.